The first kappa shape index (κ1) is 43.4. The standard InChI is InChI=1S/C44H48FN9O8S/c1-60-34-25-28(9-10-31(34)49-41(57)36-13-12-35(63-36)27-5-2-3-6-27)48-39-30(45)26-47-44(51-39)53-18-16-52(17-19-53)20-22-62-24-23-61-21-15-46-32-8-4-7-29-38(32)43(59)54(42(29)58)33-11-14-37(55)50-40(33)56/h4-5,7-10,12-13,25-26,33,46H,2-3,6,11,14-24H2,1H3,(H,49,57)(H,47,48,51)(H,50,55,56). The Kier molecular flexibility index (Phi) is 13.7. The molecule has 17 nitrogen and oxygen atoms in total. The van der Waals surface area contributed by atoms with Crippen LogP contribution in [0.5, 0.6) is 5.75 Å². The van der Waals surface area contributed by atoms with Crippen LogP contribution in [-0.2, 0) is 19.1 Å². The second-order valence-corrected chi connectivity index (χ2v) is 16.4. The van der Waals surface area contributed by atoms with E-state index in [1.165, 1.54) is 24.0 Å². The third-order valence-electron chi connectivity index (χ3n) is 11.2. The van der Waals surface area contributed by atoms with Crippen LogP contribution in [0.3, 0.4) is 0 Å². The van der Waals surface area contributed by atoms with Gasteiger partial charge >= 0.3 is 0 Å². The maximum atomic E-state index is 15.0. The van der Waals surface area contributed by atoms with Gasteiger partial charge in [0, 0.05) is 68.0 Å². The van der Waals surface area contributed by atoms with Gasteiger partial charge in [-0.3, -0.25) is 39.1 Å². The number of nitrogens with zero attached hydrogens (tertiary/aromatic N) is 5. The Morgan fingerprint density at radius 3 is 2.56 bits per heavy atom. The van der Waals surface area contributed by atoms with Crippen molar-refractivity contribution in [3.63, 3.8) is 0 Å². The summed E-state index contributed by atoms with van der Waals surface area (Å²) in [6, 6.07) is 12.8. The third kappa shape index (κ3) is 10.0. The van der Waals surface area contributed by atoms with Crippen molar-refractivity contribution >= 4 is 75.3 Å². The molecule has 1 unspecified atom stereocenters. The Morgan fingerprint density at radius 2 is 1.78 bits per heavy atom. The first-order valence-electron chi connectivity index (χ1n) is 21.0. The van der Waals surface area contributed by atoms with Crippen molar-refractivity contribution in [2.75, 3.05) is 93.7 Å². The number of piperidine rings is 1. The predicted octanol–water partition coefficient (Wildman–Crippen LogP) is 4.92. The Bertz CT molecular complexity index is 2420. The maximum Gasteiger partial charge on any atom is 0.265 e. The molecule has 2 aromatic carbocycles. The number of carbonyl (C=O) groups excluding carboxylic acids is 5. The molecular weight excluding hydrogens is 834 g/mol. The molecular formula is C44H48FN9O8S. The number of imide groups is 2. The molecule has 0 radical (unpaired) electrons. The molecule has 1 atom stereocenters. The monoisotopic (exact) mass is 881 g/mol. The van der Waals surface area contributed by atoms with Crippen LogP contribution in [0.15, 0.2) is 60.8 Å². The summed E-state index contributed by atoms with van der Waals surface area (Å²) in [5, 5.41) is 11.3. The number of anilines is 5. The number of carbonyl (C=O) groups is 5. The number of halogens is 1. The van der Waals surface area contributed by atoms with Crippen molar-refractivity contribution in [1.29, 1.82) is 0 Å². The minimum atomic E-state index is -1.03. The number of piperazine rings is 1. The van der Waals surface area contributed by atoms with E-state index < -0.39 is 35.5 Å². The summed E-state index contributed by atoms with van der Waals surface area (Å²) in [5.41, 5.74) is 3.19. The zero-order valence-electron chi connectivity index (χ0n) is 34.7. The van der Waals surface area contributed by atoms with Gasteiger partial charge in [-0.15, -0.1) is 11.3 Å². The molecule has 2 fully saturated rings. The molecule has 8 rings (SSSR count). The zero-order chi connectivity index (χ0) is 43.9. The van der Waals surface area contributed by atoms with Gasteiger partial charge in [0.2, 0.25) is 17.8 Å². The van der Waals surface area contributed by atoms with E-state index in [0.717, 1.165) is 54.9 Å². The van der Waals surface area contributed by atoms with E-state index in [1.54, 1.807) is 36.4 Å². The number of rotatable bonds is 18. The highest BCUT2D eigenvalue weighted by atomic mass is 32.1. The van der Waals surface area contributed by atoms with Crippen LogP contribution in [-0.4, -0.2) is 128 Å². The molecule has 19 heteroatoms. The number of allylic oxidation sites excluding steroid dienone is 2. The number of aromatic nitrogens is 2. The molecule has 5 amide bonds. The highest BCUT2D eigenvalue weighted by Crippen LogP contribution is 2.35. The van der Waals surface area contributed by atoms with Crippen LogP contribution in [0.2, 0.25) is 0 Å². The number of benzene rings is 2. The molecule has 2 aromatic heterocycles. The highest BCUT2D eigenvalue weighted by Gasteiger charge is 2.45. The Morgan fingerprint density at radius 1 is 0.952 bits per heavy atom. The second-order valence-electron chi connectivity index (χ2n) is 15.3. The predicted molar refractivity (Wildman–Crippen MR) is 234 cm³/mol. The first-order valence-corrected chi connectivity index (χ1v) is 21.8. The van der Waals surface area contributed by atoms with Gasteiger partial charge in [0.1, 0.15) is 11.8 Å². The van der Waals surface area contributed by atoms with Crippen LogP contribution < -0.4 is 30.9 Å². The molecule has 4 aliphatic rings. The number of ether oxygens (including phenoxy) is 3. The van der Waals surface area contributed by atoms with Gasteiger partial charge < -0.3 is 35.1 Å². The summed E-state index contributed by atoms with van der Waals surface area (Å²) in [4.78, 5) is 79.1. The van der Waals surface area contributed by atoms with E-state index >= 15 is 0 Å². The quantitative estimate of drug-likeness (QED) is 0.0777. The minimum Gasteiger partial charge on any atom is -0.494 e. The van der Waals surface area contributed by atoms with Crippen molar-refractivity contribution in [2.45, 2.75) is 38.1 Å². The number of thiophene rings is 1. The summed E-state index contributed by atoms with van der Waals surface area (Å²) in [6.45, 7) is 5.46. The van der Waals surface area contributed by atoms with Crippen molar-refractivity contribution in [3.8, 4) is 5.75 Å². The summed E-state index contributed by atoms with van der Waals surface area (Å²) in [5.74, 6) is -2.19. The molecule has 0 saturated carbocycles. The largest absolute Gasteiger partial charge is 0.494 e. The normalized spacial score (nSPS) is 17.7. The van der Waals surface area contributed by atoms with Gasteiger partial charge in [0.05, 0.1) is 61.4 Å². The van der Waals surface area contributed by atoms with Gasteiger partial charge in [-0.25, -0.2) is 9.37 Å². The lowest BCUT2D eigenvalue weighted by Gasteiger charge is -2.34. The molecule has 330 valence electrons. The van der Waals surface area contributed by atoms with E-state index in [-0.39, 0.29) is 35.7 Å². The summed E-state index contributed by atoms with van der Waals surface area (Å²) in [6.07, 6.45) is 6.78. The average Bonchev–Trinajstić information content (AvgIpc) is 4.06. The SMILES string of the molecule is COc1cc(Nc2nc(N3CCN(CCOCCOCCNc4cccc5c4C(=O)N(C4CCC(=O)NC4=O)C5=O)CC3)ncc2F)ccc1NC(=O)c1ccc(C2=CCCC2)s1. The lowest BCUT2D eigenvalue weighted by atomic mass is 10.0. The molecule has 4 N–H and O–H groups in total. The van der Waals surface area contributed by atoms with Gasteiger partial charge in [0.25, 0.3) is 17.7 Å². The first-order chi connectivity index (χ1) is 30.7. The second kappa shape index (κ2) is 19.8. The number of nitrogens with one attached hydrogen (secondary N) is 4. The summed E-state index contributed by atoms with van der Waals surface area (Å²) in [7, 11) is 1.51. The third-order valence-corrected chi connectivity index (χ3v) is 12.4. The summed E-state index contributed by atoms with van der Waals surface area (Å²) >= 11 is 1.47. The molecule has 5 heterocycles. The molecule has 63 heavy (non-hydrogen) atoms. The van der Waals surface area contributed by atoms with Crippen LogP contribution in [0.1, 0.15) is 67.4 Å². The Hall–Kier alpha value is -6.28. The highest BCUT2D eigenvalue weighted by molar-refractivity contribution is 7.15. The van der Waals surface area contributed by atoms with E-state index in [4.69, 9.17) is 14.2 Å². The number of fused-ring (bicyclic) bond motifs is 1. The van der Waals surface area contributed by atoms with Crippen molar-refractivity contribution < 1.29 is 42.6 Å². The minimum absolute atomic E-state index is 0.0218. The molecule has 3 aliphatic heterocycles. The smallest absolute Gasteiger partial charge is 0.265 e. The maximum absolute atomic E-state index is 15.0. The van der Waals surface area contributed by atoms with E-state index in [9.17, 15) is 28.4 Å². The number of hydrogen-bond donors (Lipinski definition) is 4. The fourth-order valence-corrected chi connectivity index (χ4v) is 8.89. The van der Waals surface area contributed by atoms with Crippen molar-refractivity contribution in [3.05, 3.63) is 87.5 Å². The fraction of sp³-hybridized carbons (Fsp3) is 0.386. The molecule has 0 spiro atoms. The summed E-state index contributed by atoms with van der Waals surface area (Å²) < 4.78 is 32.0. The van der Waals surface area contributed by atoms with E-state index in [1.807, 2.05) is 17.0 Å². The average molecular weight is 882 g/mol. The van der Waals surface area contributed by atoms with Gasteiger partial charge in [0.15, 0.2) is 11.6 Å². The Labute approximate surface area is 367 Å². The van der Waals surface area contributed by atoms with Gasteiger partial charge in [-0.2, -0.15) is 4.98 Å². The van der Waals surface area contributed by atoms with Crippen LogP contribution in [0, 0.1) is 5.82 Å². The molecule has 1 aliphatic carbocycles. The number of hydrogen-bond acceptors (Lipinski definition) is 15. The zero-order valence-corrected chi connectivity index (χ0v) is 35.6. The van der Waals surface area contributed by atoms with E-state index in [0.29, 0.717) is 79.7 Å². The van der Waals surface area contributed by atoms with Crippen molar-refractivity contribution in [2.24, 2.45) is 0 Å². The van der Waals surface area contributed by atoms with Crippen LogP contribution in [0.25, 0.3) is 5.57 Å². The van der Waals surface area contributed by atoms with Crippen molar-refractivity contribution in [1.82, 2.24) is 25.1 Å². The number of amides is 5. The van der Waals surface area contributed by atoms with E-state index in [2.05, 4.69) is 42.2 Å². The van der Waals surface area contributed by atoms with Crippen LogP contribution in [0.4, 0.5) is 33.2 Å². The van der Waals surface area contributed by atoms with Gasteiger partial charge in [-0.1, -0.05) is 12.1 Å². The Balaban J connectivity index is 0.729. The fourth-order valence-electron chi connectivity index (χ4n) is 7.93. The lowest BCUT2D eigenvalue weighted by Crippen LogP contribution is -2.54. The molecule has 0 bridgehead atoms. The topological polar surface area (TPSA) is 197 Å². The molecule has 2 saturated heterocycles. The molecule has 4 aromatic rings. The lowest BCUT2D eigenvalue weighted by molar-refractivity contribution is -0.136. The van der Waals surface area contributed by atoms with Gasteiger partial charge in [-0.05, 0) is 67.7 Å². The number of methoxy groups -OCH3 is 1. The van der Waals surface area contributed by atoms with Crippen LogP contribution >= 0.6 is 11.3 Å².